The van der Waals surface area contributed by atoms with E-state index in [4.69, 9.17) is 16.3 Å². The first kappa shape index (κ1) is 21.2. The number of carbonyl (C=O) groups is 1. The van der Waals surface area contributed by atoms with Crippen molar-refractivity contribution in [2.75, 3.05) is 11.9 Å². The van der Waals surface area contributed by atoms with E-state index in [9.17, 15) is 18.0 Å². The molecule has 0 bridgehead atoms. The zero-order valence-corrected chi connectivity index (χ0v) is 16.4. The molecule has 0 radical (unpaired) electrons. The summed E-state index contributed by atoms with van der Waals surface area (Å²) >= 11 is 5.92. The molecule has 1 amide bonds. The van der Waals surface area contributed by atoms with Gasteiger partial charge in [-0.15, -0.1) is 0 Å². The van der Waals surface area contributed by atoms with Crippen molar-refractivity contribution in [1.29, 1.82) is 0 Å². The van der Waals surface area contributed by atoms with E-state index in [1.54, 1.807) is 25.1 Å². The Kier molecular flexibility index (Phi) is 6.46. The van der Waals surface area contributed by atoms with Gasteiger partial charge in [-0.25, -0.2) is 14.8 Å². The normalized spacial score (nSPS) is 14.7. The fourth-order valence-electron chi connectivity index (χ4n) is 3.14. The summed E-state index contributed by atoms with van der Waals surface area (Å²) in [6, 6.07) is 4.92. The molecule has 0 saturated heterocycles. The Morgan fingerprint density at radius 1 is 1.31 bits per heavy atom. The molecular formula is C19H20ClF3N4O2. The van der Waals surface area contributed by atoms with Crippen molar-refractivity contribution in [3.8, 4) is 5.75 Å². The average molecular weight is 429 g/mol. The summed E-state index contributed by atoms with van der Waals surface area (Å²) in [6.07, 6.45) is -0.808. The number of anilines is 2. The zero-order valence-electron chi connectivity index (χ0n) is 15.6. The lowest BCUT2D eigenvalue weighted by Gasteiger charge is -2.15. The van der Waals surface area contributed by atoms with Crippen LogP contribution in [0.3, 0.4) is 0 Å². The minimum Gasteiger partial charge on any atom is -0.406 e. The van der Waals surface area contributed by atoms with Crippen LogP contribution in [0, 0.1) is 12.8 Å². The van der Waals surface area contributed by atoms with Crippen LogP contribution in [-0.4, -0.2) is 22.6 Å². The van der Waals surface area contributed by atoms with Gasteiger partial charge in [0.05, 0.1) is 6.20 Å². The molecule has 10 heteroatoms. The molecular weight excluding hydrogens is 409 g/mol. The maximum atomic E-state index is 13.4. The smallest absolute Gasteiger partial charge is 0.406 e. The number of amides is 1. The lowest BCUT2D eigenvalue weighted by molar-refractivity contribution is -0.142. The van der Waals surface area contributed by atoms with Crippen molar-refractivity contribution >= 4 is 29.3 Å². The van der Waals surface area contributed by atoms with Crippen LogP contribution in [0.4, 0.5) is 29.6 Å². The van der Waals surface area contributed by atoms with Crippen molar-refractivity contribution in [2.24, 2.45) is 5.92 Å². The number of nitrogens with zero attached hydrogens (tertiary/aromatic N) is 2. The Morgan fingerprint density at radius 3 is 2.72 bits per heavy atom. The van der Waals surface area contributed by atoms with Gasteiger partial charge in [0.2, 0.25) is 5.95 Å². The maximum Gasteiger partial charge on any atom is 0.437 e. The SMILES string of the molecule is Cc1ccc(Cl)cc1Nc1ncc(OC(=O)NCC2CCCC2)c(C(F)(F)F)n1. The molecule has 29 heavy (non-hydrogen) atoms. The zero-order chi connectivity index (χ0) is 21.0. The molecule has 1 saturated carbocycles. The molecule has 2 aromatic rings. The number of hydrogen-bond acceptors (Lipinski definition) is 5. The Balaban J connectivity index is 1.75. The standard InChI is InChI=1S/C19H20ClF3N4O2/c1-11-6-7-13(20)8-14(11)26-17-24-10-15(16(27-17)19(21,22)23)29-18(28)25-9-12-4-2-3-5-12/h6-8,10,12H,2-5,9H2,1H3,(H,25,28)(H,24,26,27). The van der Waals surface area contributed by atoms with Gasteiger partial charge in [-0.1, -0.05) is 30.5 Å². The van der Waals surface area contributed by atoms with Crippen LogP contribution >= 0.6 is 11.6 Å². The minimum atomic E-state index is -4.83. The van der Waals surface area contributed by atoms with Gasteiger partial charge in [-0.05, 0) is 43.4 Å². The second-order valence-electron chi connectivity index (χ2n) is 6.91. The molecule has 1 heterocycles. The van der Waals surface area contributed by atoms with E-state index in [1.807, 2.05) is 0 Å². The number of hydrogen-bond donors (Lipinski definition) is 2. The van der Waals surface area contributed by atoms with Gasteiger partial charge in [0, 0.05) is 17.3 Å². The molecule has 1 aromatic heterocycles. The fourth-order valence-corrected chi connectivity index (χ4v) is 3.31. The number of nitrogens with one attached hydrogen (secondary N) is 2. The van der Waals surface area contributed by atoms with Gasteiger partial charge < -0.3 is 15.4 Å². The molecule has 1 aliphatic rings. The third-order valence-corrected chi connectivity index (χ3v) is 4.92. The van der Waals surface area contributed by atoms with Crippen molar-refractivity contribution < 1.29 is 22.7 Å². The summed E-state index contributed by atoms with van der Waals surface area (Å²) in [4.78, 5) is 19.3. The molecule has 156 valence electrons. The van der Waals surface area contributed by atoms with Gasteiger partial charge >= 0.3 is 12.3 Å². The molecule has 6 nitrogen and oxygen atoms in total. The van der Waals surface area contributed by atoms with Gasteiger partial charge in [0.15, 0.2) is 11.4 Å². The third kappa shape index (κ3) is 5.72. The first-order chi connectivity index (χ1) is 13.7. The van der Waals surface area contributed by atoms with Crippen LogP contribution in [0.1, 0.15) is 36.9 Å². The maximum absolute atomic E-state index is 13.4. The van der Waals surface area contributed by atoms with Crippen LogP contribution in [0.15, 0.2) is 24.4 Å². The van der Waals surface area contributed by atoms with Crippen molar-refractivity contribution in [1.82, 2.24) is 15.3 Å². The van der Waals surface area contributed by atoms with Gasteiger partial charge in [-0.2, -0.15) is 13.2 Å². The lowest BCUT2D eigenvalue weighted by Crippen LogP contribution is -2.31. The first-order valence-corrected chi connectivity index (χ1v) is 9.53. The summed E-state index contributed by atoms with van der Waals surface area (Å²) < 4.78 is 45.2. The topological polar surface area (TPSA) is 76.1 Å². The Morgan fingerprint density at radius 2 is 2.03 bits per heavy atom. The van der Waals surface area contributed by atoms with E-state index >= 15 is 0 Å². The molecule has 0 aliphatic heterocycles. The minimum absolute atomic E-state index is 0.290. The second-order valence-corrected chi connectivity index (χ2v) is 7.35. The highest BCUT2D eigenvalue weighted by Gasteiger charge is 2.38. The predicted octanol–water partition coefficient (Wildman–Crippen LogP) is 5.48. The molecule has 2 N–H and O–H groups in total. The highest BCUT2D eigenvalue weighted by molar-refractivity contribution is 6.30. The molecule has 0 atom stereocenters. The van der Waals surface area contributed by atoms with E-state index in [1.165, 1.54) is 0 Å². The number of rotatable bonds is 5. The van der Waals surface area contributed by atoms with Gasteiger partial charge in [0.1, 0.15) is 0 Å². The molecule has 1 fully saturated rings. The number of benzene rings is 1. The molecule has 0 unspecified atom stereocenters. The average Bonchev–Trinajstić information content (AvgIpc) is 3.17. The number of carbonyl (C=O) groups excluding carboxylic acids is 1. The first-order valence-electron chi connectivity index (χ1n) is 9.15. The quantitative estimate of drug-likeness (QED) is 0.659. The summed E-state index contributed by atoms with van der Waals surface area (Å²) in [5.41, 5.74) is -0.127. The number of alkyl halides is 3. The molecule has 1 aliphatic carbocycles. The highest BCUT2D eigenvalue weighted by Crippen LogP contribution is 2.35. The van der Waals surface area contributed by atoms with E-state index in [2.05, 4.69) is 20.6 Å². The number of ether oxygens (including phenoxy) is 1. The van der Waals surface area contributed by atoms with Crippen molar-refractivity contribution in [2.45, 2.75) is 38.8 Å². The Bertz CT molecular complexity index is 886. The number of aromatic nitrogens is 2. The highest BCUT2D eigenvalue weighted by atomic mass is 35.5. The second kappa shape index (κ2) is 8.86. The summed E-state index contributed by atoms with van der Waals surface area (Å²) in [6.45, 7) is 2.13. The van der Waals surface area contributed by atoms with Gasteiger partial charge in [-0.3, -0.25) is 0 Å². The van der Waals surface area contributed by atoms with Crippen LogP contribution in [0.25, 0.3) is 0 Å². The van der Waals surface area contributed by atoms with E-state index < -0.39 is 23.7 Å². The van der Waals surface area contributed by atoms with Crippen LogP contribution in [0.2, 0.25) is 5.02 Å². The van der Waals surface area contributed by atoms with E-state index in [-0.39, 0.29) is 5.95 Å². The van der Waals surface area contributed by atoms with E-state index in [0.29, 0.717) is 23.2 Å². The van der Waals surface area contributed by atoms with Crippen LogP contribution in [-0.2, 0) is 6.18 Å². The summed E-state index contributed by atoms with van der Waals surface area (Å²) in [5.74, 6) is -0.718. The monoisotopic (exact) mass is 428 g/mol. The largest absolute Gasteiger partial charge is 0.437 e. The predicted molar refractivity (Wildman–Crippen MR) is 102 cm³/mol. The summed E-state index contributed by atoms with van der Waals surface area (Å²) in [7, 11) is 0. The van der Waals surface area contributed by atoms with Crippen LogP contribution in [0.5, 0.6) is 5.75 Å². The van der Waals surface area contributed by atoms with E-state index in [0.717, 1.165) is 37.4 Å². The number of halogens is 4. The summed E-state index contributed by atoms with van der Waals surface area (Å²) in [5, 5.41) is 5.62. The Hall–Kier alpha value is -2.55. The van der Waals surface area contributed by atoms with Crippen molar-refractivity contribution in [3.63, 3.8) is 0 Å². The molecule has 0 spiro atoms. The fraction of sp³-hybridized carbons (Fsp3) is 0.421. The van der Waals surface area contributed by atoms with Crippen molar-refractivity contribution in [3.05, 3.63) is 40.7 Å². The van der Waals surface area contributed by atoms with Crippen LogP contribution < -0.4 is 15.4 Å². The number of aryl methyl sites for hydroxylation is 1. The Labute approximate surface area is 170 Å². The third-order valence-electron chi connectivity index (χ3n) is 4.68. The van der Waals surface area contributed by atoms with Gasteiger partial charge in [0.25, 0.3) is 0 Å². The molecule has 3 rings (SSSR count). The molecule has 1 aromatic carbocycles. The lowest BCUT2D eigenvalue weighted by atomic mass is 10.1.